The number of hydrogen-bond donors (Lipinski definition) is 0. The number of likely N-dealkylation sites (N-methyl/N-ethyl adjacent to an activating group) is 1. The van der Waals surface area contributed by atoms with Gasteiger partial charge in [-0.15, -0.1) is 0 Å². The molecular weight excluding hydrogens is 337 g/mol. The zero-order valence-electron chi connectivity index (χ0n) is 15.5. The highest BCUT2D eigenvalue weighted by atomic mass is 19.1. The molecule has 1 unspecified atom stereocenters. The summed E-state index contributed by atoms with van der Waals surface area (Å²) in [7, 11) is 4.86. The summed E-state index contributed by atoms with van der Waals surface area (Å²) in [6, 6.07) is 11.2. The maximum absolute atomic E-state index is 13.0. The van der Waals surface area contributed by atoms with Crippen molar-refractivity contribution in [1.82, 2.24) is 4.90 Å². The van der Waals surface area contributed by atoms with Gasteiger partial charge in [0.15, 0.2) is 17.6 Å². The second-order valence-electron chi connectivity index (χ2n) is 5.85. The molecular formula is C20H24FNO4. The van der Waals surface area contributed by atoms with Gasteiger partial charge in [-0.05, 0) is 48.4 Å². The van der Waals surface area contributed by atoms with Crippen LogP contribution in [0.15, 0.2) is 42.5 Å². The normalized spacial score (nSPS) is 11.6. The molecule has 1 amide bonds. The highest BCUT2D eigenvalue weighted by Crippen LogP contribution is 2.28. The van der Waals surface area contributed by atoms with Crippen molar-refractivity contribution in [1.29, 1.82) is 0 Å². The summed E-state index contributed by atoms with van der Waals surface area (Å²) in [6.07, 6.45) is -0.127. The summed E-state index contributed by atoms with van der Waals surface area (Å²) in [4.78, 5) is 14.3. The highest BCUT2D eigenvalue weighted by molar-refractivity contribution is 5.81. The van der Waals surface area contributed by atoms with E-state index in [0.29, 0.717) is 30.2 Å². The molecule has 0 aliphatic heterocycles. The first kappa shape index (κ1) is 19.6. The molecule has 0 saturated carbocycles. The molecule has 26 heavy (non-hydrogen) atoms. The van der Waals surface area contributed by atoms with Gasteiger partial charge in [0.05, 0.1) is 14.2 Å². The number of carbonyl (C=O) groups is 1. The third kappa shape index (κ3) is 4.88. The fourth-order valence-electron chi connectivity index (χ4n) is 2.56. The number of methoxy groups -OCH3 is 2. The van der Waals surface area contributed by atoms with Gasteiger partial charge in [-0.25, -0.2) is 4.39 Å². The number of halogens is 1. The van der Waals surface area contributed by atoms with Gasteiger partial charge in [0, 0.05) is 13.6 Å². The van der Waals surface area contributed by atoms with Gasteiger partial charge in [-0.3, -0.25) is 4.79 Å². The van der Waals surface area contributed by atoms with Gasteiger partial charge in [0.2, 0.25) is 0 Å². The summed E-state index contributed by atoms with van der Waals surface area (Å²) in [6.45, 7) is 2.28. The quantitative estimate of drug-likeness (QED) is 0.720. The second kappa shape index (κ2) is 9.08. The van der Waals surface area contributed by atoms with Crippen molar-refractivity contribution in [3.05, 3.63) is 53.8 Å². The zero-order chi connectivity index (χ0) is 19.1. The Balaban J connectivity index is 2.05. The molecule has 0 bridgehead atoms. The van der Waals surface area contributed by atoms with Gasteiger partial charge in [0.25, 0.3) is 5.91 Å². The van der Waals surface area contributed by atoms with Crippen molar-refractivity contribution in [3.8, 4) is 17.2 Å². The predicted octanol–water partition coefficient (Wildman–Crippen LogP) is 3.66. The number of rotatable bonds is 8. The minimum atomic E-state index is -0.634. The molecule has 0 spiro atoms. The van der Waals surface area contributed by atoms with E-state index in [4.69, 9.17) is 14.2 Å². The standard InChI is InChI=1S/C20H24FNO4/c1-5-17(26-16-9-7-15(21)8-10-16)20(23)22(2)13-14-6-11-18(24-3)19(12-14)25-4/h6-12,17H,5,13H2,1-4H3. The molecule has 0 heterocycles. The van der Waals surface area contributed by atoms with Crippen LogP contribution in [0.4, 0.5) is 4.39 Å². The molecule has 2 aromatic rings. The lowest BCUT2D eigenvalue weighted by atomic mass is 10.1. The van der Waals surface area contributed by atoms with Crippen LogP contribution < -0.4 is 14.2 Å². The van der Waals surface area contributed by atoms with Crippen LogP contribution in [0.2, 0.25) is 0 Å². The van der Waals surface area contributed by atoms with Crippen molar-refractivity contribution < 1.29 is 23.4 Å². The summed E-state index contributed by atoms with van der Waals surface area (Å²) in [5.74, 6) is 1.22. The Labute approximate surface area is 153 Å². The fraction of sp³-hybridized carbons (Fsp3) is 0.350. The van der Waals surface area contributed by atoms with Crippen LogP contribution in [0, 0.1) is 5.82 Å². The van der Waals surface area contributed by atoms with E-state index < -0.39 is 6.10 Å². The van der Waals surface area contributed by atoms with E-state index in [2.05, 4.69) is 0 Å². The molecule has 2 rings (SSSR count). The van der Waals surface area contributed by atoms with E-state index in [0.717, 1.165) is 5.56 Å². The van der Waals surface area contributed by atoms with Crippen molar-refractivity contribution in [2.45, 2.75) is 26.0 Å². The first-order chi connectivity index (χ1) is 12.5. The molecule has 0 saturated heterocycles. The Kier molecular flexibility index (Phi) is 6.83. The van der Waals surface area contributed by atoms with Crippen molar-refractivity contribution in [2.75, 3.05) is 21.3 Å². The second-order valence-corrected chi connectivity index (χ2v) is 5.85. The Morgan fingerprint density at radius 3 is 2.31 bits per heavy atom. The molecule has 6 heteroatoms. The molecule has 140 valence electrons. The molecule has 0 aromatic heterocycles. The summed E-state index contributed by atoms with van der Waals surface area (Å²) < 4.78 is 29.2. The maximum Gasteiger partial charge on any atom is 0.263 e. The van der Waals surface area contributed by atoms with Crippen LogP contribution in [-0.4, -0.2) is 38.2 Å². The molecule has 0 radical (unpaired) electrons. The lowest BCUT2D eigenvalue weighted by molar-refractivity contribution is -0.138. The molecule has 5 nitrogen and oxygen atoms in total. The van der Waals surface area contributed by atoms with Crippen molar-refractivity contribution >= 4 is 5.91 Å². The Bertz CT molecular complexity index is 733. The lowest BCUT2D eigenvalue weighted by Crippen LogP contribution is -2.39. The van der Waals surface area contributed by atoms with Crippen molar-refractivity contribution in [2.24, 2.45) is 0 Å². The summed E-state index contributed by atoms with van der Waals surface area (Å²) in [5, 5.41) is 0. The predicted molar refractivity (Wildman–Crippen MR) is 97.1 cm³/mol. The third-order valence-corrected chi connectivity index (χ3v) is 3.98. The number of hydrogen-bond acceptors (Lipinski definition) is 4. The number of amides is 1. The molecule has 2 aromatic carbocycles. The van der Waals surface area contributed by atoms with E-state index in [1.54, 1.807) is 32.2 Å². The largest absolute Gasteiger partial charge is 0.493 e. The minimum absolute atomic E-state index is 0.147. The summed E-state index contributed by atoms with van der Waals surface area (Å²) in [5.41, 5.74) is 0.912. The minimum Gasteiger partial charge on any atom is -0.493 e. The van der Waals surface area contributed by atoms with Gasteiger partial charge < -0.3 is 19.1 Å². The van der Waals surface area contributed by atoms with E-state index in [-0.39, 0.29) is 11.7 Å². The van der Waals surface area contributed by atoms with Gasteiger partial charge in [-0.2, -0.15) is 0 Å². The SMILES string of the molecule is CCC(Oc1ccc(F)cc1)C(=O)N(C)Cc1ccc(OC)c(OC)c1. The van der Waals surface area contributed by atoms with Gasteiger partial charge in [-0.1, -0.05) is 13.0 Å². The van der Waals surface area contributed by atoms with Crippen LogP contribution in [0.25, 0.3) is 0 Å². The van der Waals surface area contributed by atoms with Crippen LogP contribution >= 0.6 is 0 Å². The average Bonchev–Trinajstić information content (AvgIpc) is 2.66. The summed E-state index contributed by atoms with van der Waals surface area (Å²) >= 11 is 0. The molecule has 1 atom stereocenters. The Morgan fingerprint density at radius 1 is 1.08 bits per heavy atom. The molecule has 0 aliphatic carbocycles. The van der Waals surface area contributed by atoms with Crippen LogP contribution in [0.1, 0.15) is 18.9 Å². The average molecular weight is 361 g/mol. The smallest absolute Gasteiger partial charge is 0.263 e. The fourth-order valence-corrected chi connectivity index (χ4v) is 2.56. The van der Waals surface area contributed by atoms with Crippen LogP contribution in [-0.2, 0) is 11.3 Å². The van der Waals surface area contributed by atoms with E-state index in [1.165, 1.54) is 24.3 Å². The van der Waals surface area contributed by atoms with Crippen molar-refractivity contribution in [3.63, 3.8) is 0 Å². The number of benzene rings is 2. The topological polar surface area (TPSA) is 48.0 Å². The Hall–Kier alpha value is -2.76. The Morgan fingerprint density at radius 2 is 1.73 bits per heavy atom. The lowest BCUT2D eigenvalue weighted by Gasteiger charge is -2.24. The van der Waals surface area contributed by atoms with E-state index in [1.807, 2.05) is 19.1 Å². The number of carbonyl (C=O) groups excluding carboxylic acids is 1. The highest BCUT2D eigenvalue weighted by Gasteiger charge is 2.22. The maximum atomic E-state index is 13.0. The first-order valence-corrected chi connectivity index (χ1v) is 8.36. The van der Waals surface area contributed by atoms with Crippen LogP contribution in [0.3, 0.4) is 0 Å². The number of ether oxygens (including phenoxy) is 3. The van der Waals surface area contributed by atoms with Gasteiger partial charge in [0.1, 0.15) is 11.6 Å². The first-order valence-electron chi connectivity index (χ1n) is 8.36. The zero-order valence-corrected chi connectivity index (χ0v) is 15.5. The molecule has 0 fully saturated rings. The monoisotopic (exact) mass is 361 g/mol. The van der Waals surface area contributed by atoms with Gasteiger partial charge >= 0.3 is 0 Å². The molecule has 0 aliphatic rings. The number of nitrogens with zero attached hydrogens (tertiary/aromatic N) is 1. The third-order valence-electron chi connectivity index (χ3n) is 3.98. The van der Waals surface area contributed by atoms with E-state index >= 15 is 0 Å². The van der Waals surface area contributed by atoms with E-state index in [9.17, 15) is 9.18 Å². The van der Waals surface area contributed by atoms with Crippen LogP contribution in [0.5, 0.6) is 17.2 Å². The molecule has 0 N–H and O–H groups in total.